The maximum Gasteiger partial charge on any atom is 0.408 e. The molecule has 0 rings (SSSR count). The van der Waals surface area contributed by atoms with Crippen LogP contribution in [0.15, 0.2) is 9.98 Å². The molecule has 0 atom stereocenters. The Morgan fingerprint density at radius 2 is 1.02 bits per heavy atom. The second kappa shape index (κ2) is 38.7. The van der Waals surface area contributed by atoms with Crippen LogP contribution in [0.5, 0.6) is 0 Å². The minimum atomic E-state index is -0.500. The van der Waals surface area contributed by atoms with Gasteiger partial charge in [0.25, 0.3) is 0 Å². The maximum absolute atomic E-state index is 11.6. The summed E-state index contributed by atoms with van der Waals surface area (Å²) in [6.07, 6.45) is 1.53. The SMILES string of the molecule is O=C(NCSCCSCN=COOCSCSCO)OCSCOOC=NCSCCSCNC(=O)OCSCSCO. The molecule has 0 unspecified atom stereocenters. The van der Waals surface area contributed by atoms with Crippen LogP contribution in [0.2, 0.25) is 0 Å². The van der Waals surface area contributed by atoms with Crippen molar-refractivity contribution < 1.29 is 48.8 Å². The van der Waals surface area contributed by atoms with E-state index in [1.807, 2.05) is 0 Å². The third kappa shape index (κ3) is 38.6. The van der Waals surface area contributed by atoms with E-state index in [1.165, 1.54) is 71.6 Å². The summed E-state index contributed by atoms with van der Waals surface area (Å²) in [7, 11) is 0. The number of aliphatic hydroxyl groups excluding tert-OH is 2. The number of hydrogen-bond acceptors (Lipinski definition) is 21. The van der Waals surface area contributed by atoms with Crippen molar-refractivity contribution in [2.45, 2.75) is 0 Å². The van der Waals surface area contributed by atoms with Gasteiger partial charge in [-0.3, -0.25) is 0 Å². The zero-order chi connectivity index (χ0) is 31.3. The Balaban J connectivity index is 3.29. The first-order valence-electron chi connectivity index (χ1n) is 12.0. The van der Waals surface area contributed by atoms with Crippen LogP contribution >= 0.6 is 106 Å². The lowest BCUT2D eigenvalue weighted by molar-refractivity contribution is -0.196. The number of aliphatic imine (C=N–C) groups is 2. The highest BCUT2D eigenvalue weighted by atomic mass is 32.2. The summed E-state index contributed by atoms with van der Waals surface area (Å²) in [5.74, 6) is 6.47. The van der Waals surface area contributed by atoms with Crippen molar-refractivity contribution in [1.82, 2.24) is 10.6 Å². The van der Waals surface area contributed by atoms with Gasteiger partial charge >= 0.3 is 12.2 Å². The number of carbonyl (C=O) groups is 2. The molecule has 0 aromatic carbocycles. The Kier molecular flexibility index (Phi) is 39.1. The van der Waals surface area contributed by atoms with Crippen molar-refractivity contribution in [1.29, 1.82) is 0 Å². The summed E-state index contributed by atoms with van der Waals surface area (Å²) < 4.78 is 10.0. The van der Waals surface area contributed by atoms with Crippen LogP contribution in [0.1, 0.15) is 0 Å². The number of nitrogens with zero attached hydrogens (tertiary/aromatic N) is 2. The van der Waals surface area contributed by atoms with Crippen molar-refractivity contribution in [2.75, 3.05) is 92.3 Å². The van der Waals surface area contributed by atoms with Crippen LogP contribution in [0, 0.1) is 0 Å². The van der Waals surface area contributed by atoms with Gasteiger partial charge in [0.05, 0.1) is 35.4 Å². The normalized spacial score (nSPS) is 11.2. The molecule has 0 aliphatic carbocycles. The summed E-state index contributed by atoms with van der Waals surface area (Å²) in [5.41, 5.74) is 0. The van der Waals surface area contributed by atoms with Gasteiger partial charge in [-0.2, -0.15) is 9.78 Å². The number of thioether (sulfide) groups is 9. The topological polar surface area (TPSA) is 179 Å². The zero-order valence-electron chi connectivity index (χ0n) is 23.2. The van der Waals surface area contributed by atoms with Gasteiger partial charge in [0.15, 0.2) is 0 Å². The highest BCUT2D eigenvalue weighted by Gasteiger charge is 2.02. The van der Waals surface area contributed by atoms with E-state index in [-0.39, 0.29) is 29.7 Å². The van der Waals surface area contributed by atoms with Crippen LogP contribution in [-0.4, -0.2) is 128 Å². The summed E-state index contributed by atoms with van der Waals surface area (Å²) in [6, 6.07) is 0. The molecule has 0 radical (unpaired) electrons. The molecule has 0 aromatic heterocycles. The number of hydrogen-bond donors (Lipinski definition) is 4. The van der Waals surface area contributed by atoms with Crippen molar-refractivity contribution in [3.63, 3.8) is 0 Å². The molecule has 14 nitrogen and oxygen atoms in total. The summed E-state index contributed by atoms with van der Waals surface area (Å²) in [4.78, 5) is 50.6. The molecule has 23 heteroatoms. The average Bonchev–Trinajstić information content (AvgIpc) is 3.00. The van der Waals surface area contributed by atoms with E-state index < -0.39 is 12.2 Å². The van der Waals surface area contributed by atoms with Crippen molar-refractivity contribution >= 4 is 131 Å². The zero-order valence-corrected chi connectivity index (χ0v) is 30.5. The molecule has 43 heavy (non-hydrogen) atoms. The molecule has 0 spiro atoms. The monoisotopic (exact) mass is 782 g/mol. The second-order valence-corrected chi connectivity index (χ2v) is 16.1. The molecule has 2 amide bonds. The Bertz CT molecular complexity index is 697. The lowest BCUT2D eigenvalue weighted by Crippen LogP contribution is -2.24. The lowest BCUT2D eigenvalue weighted by atomic mass is 11.0. The predicted molar refractivity (Wildman–Crippen MR) is 191 cm³/mol. The summed E-state index contributed by atoms with van der Waals surface area (Å²) >= 11 is 13.3. The molecule has 4 N–H and O–H groups in total. The first-order chi connectivity index (χ1) is 21.2. The van der Waals surface area contributed by atoms with Gasteiger partial charge in [-0.25, -0.2) is 19.6 Å². The number of aliphatic hydroxyl groups is 2. The van der Waals surface area contributed by atoms with Crippen molar-refractivity contribution in [3.8, 4) is 0 Å². The smallest absolute Gasteiger partial charge is 0.408 e. The van der Waals surface area contributed by atoms with Gasteiger partial charge in [0.1, 0.15) is 23.8 Å². The van der Waals surface area contributed by atoms with Gasteiger partial charge in [0, 0.05) is 33.2 Å². The molecule has 0 heterocycles. The van der Waals surface area contributed by atoms with Crippen LogP contribution in [0.25, 0.3) is 0 Å². The fourth-order valence-corrected chi connectivity index (χ4v) is 7.71. The quantitative estimate of drug-likeness (QED) is 0.0187. The van der Waals surface area contributed by atoms with Crippen LogP contribution in [-0.2, 0) is 29.0 Å². The van der Waals surface area contributed by atoms with E-state index in [2.05, 4.69) is 20.6 Å². The fourth-order valence-electron chi connectivity index (χ4n) is 1.73. The van der Waals surface area contributed by atoms with E-state index in [0.717, 1.165) is 28.1 Å². The number of amides is 2. The number of rotatable bonds is 32. The van der Waals surface area contributed by atoms with E-state index in [1.54, 1.807) is 47.0 Å². The largest absolute Gasteiger partial charge is 0.438 e. The maximum atomic E-state index is 11.6. The number of ether oxygens (including phenoxy) is 2. The van der Waals surface area contributed by atoms with E-state index in [4.69, 9.17) is 39.2 Å². The summed E-state index contributed by atoms with van der Waals surface area (Å²) in [5, 5.41) is 24.0. The first-order valence-corrected chi connectivity index (χ1v) is 22.4. The van der Waals surface area contributed by atoms with E-state index in [0.29, 0.717) is 34.5 Å². The highest BCUT2D eigenvalue weighted by Crippen LogP contribution is 2.12. The Hall–Kier alpha value is 0.470. The lowest BCUT2D eigenvalue weighted by Gasteiger charge is -2.06. The van der Waals surface area contributed by atoms with Crippen LogP contribution in [0.4, 0.5) is 9.59 Å². The molecule has 0 aliphatic rings. The van der Waals surface area contributed by atoms with Crippen LogP contribution in [0.3, 0.4) is 0 Å². The van der Waals surface area contributed by atoms with Gasteiger partial charge in [0.2, 0.25) is 12.8 Å². The predicted octanol–water partition coefficient (Wildman–Crippen LogP) is 4.47. The Morgan fingerprint density at radius 1 is 0.581 bits per heavy atom. The second-order valence-electron chi connectivity index (χ2n) is 6.39. The Labute approximate surface area is 290 Å². The first kappa shape index (κ1) is 43.5. The summed E-state index contributed by atoms with van der Waals surface area (Å²) in [6.45, 7) is 0. The molecular formula is C20H38N4O10S9. The third-order valence-corrected chi connectivity index (χ3v) is 11.4. The van der Waals surface area contributed by atoms with Crippen molar-refractivity contribution in [3.05, 3.63) is 0 Å². The van der Waals surface area contributed by atoms with E-state index in [9.17, 15) is 9.59 Å². The molecule has 0 fully saturated rings. The van der Waals surface area contributed by atoms with Crippen LogP contribution < -0.4 is 10.6 Å². The van der Waals surface area contributed by atoms with E-state index >= 15 is 0 Å². The molecule has 0 aromatic rings. The third-order valence-electron chi connectivity index (χ3n) is 3.41. The Morgan fingerprint density at radius 3 is 1.53 bits per heavy atom. The molecule has 0 bridgehead atoms. The molecule has 0 aliphatic heterocycles. The fraction of sp³-hybridized carbons (Fsp3) is 0.800. The number of nitrogens with one attached hydrogen (secondary N) is 2. The molecular weight excluding hydrogens is 745 g/mol. The van der Waals surface area contributed by atoms with Gasteiger partial charge < -0.3 is 40.1 Å². The standard InChI is InChI=1S/C20H38N4O10S9/c25-11-39-17-42-14-30-20(28)24-10-38-4-2-35-7-21-5-31-33-15-41-13-29-19(27)23-9-37-3-1-36-8-22-6-32-34-16-43-18-40-12-26/h5-6,25-26H,1-4,7-18H2,(H,23,27)(H,24,28). The number of alkyl carbamates (subject to hydrolysis) is 2. The minimum absolute atomic E-state index is 0.0569. The molecule has 0 saturated carbocycles. The average molecular weight is 783 g/mol. The molecule has 0 saturated heterocycles. The number of carbonyl (C=O) groups excluding carboxylic acids is 2. The van der Waals surface area contributed by atoms with Gasteiger partial charge in [-0.1, -0.05) is 11.8 Å². The van der Waals surface area contributed by atoms with Gasteiger partial charge in [-0.05, 0) is 0 Å². The highest BCUT2D eigenvalue weighted by molar-refractivity contribution is 8.16. The van der Waals surface area contributed by atoms with Crippen molar-refractivity contribution in [2.24, 2.45) is 9.98 Å². The molecule has 252 valence electrons. The van der Waals surface area contributed by atoms with Gasteiger partial charge in [-0.15, -0.1) is 94.1 Å². The minimum Gasteiger partial charge on any atom is -0.438 e.